The number of fused-ring (bicyclic) bond motifs is 2. The minimum atomic E-state index is 1.28. The molecule has 37 heavy (non-hydrogen) atoms. The molecule has 7 aromatic carbocycles. The zero-order chi connectivity index (χ0) is 24.2. The topological polar surface area (TPSA) is 0 Å². The molecule has 0 saturated heterocycles. The van der Waals surface area contributed by atoms with Gasteiger partial charge in [-0.15, -0.1) is 0 Å². The standard InChI is InChI=1S/C37H22/c1-21-18-30-28(22-8-4-2-5-9-22)19-31-26-16-14-24-12-13-25-15-17-27(35(26)34(24)25)32-20-29(23-10-6-3-7-11-23)33(21)37(30)36(31)32/h2-20H,1H3. The summed E-state index contributed by atoms with van der Waals surface area (Å²) in [5.74, 6) is 0. The van der Waals surface area contributed by atoms with E-state index in [-0.39, 0.29) is 0 Å². The molecule has 0 unspecified atom stereocenters. The highest BCUT2D eigenvalue weighted by Crippen LogP contribution is 2.53. The average molecular weight is 467 g/mol. The van der Waals surface area contributed by atoms with E-state index in [2.05, 4.69) is 122 Å². The van der Waals surface area contributed by atoms with Crippen LogP contribution in [0.4, 0.5) is 0 Å². The van der Waals surface area contributed by atoms with Crippen LogP contribution in [0, 0.1) is 0 Å². The molecule has 0 amide bonds. The van der Waals surface area contributed by atoms with Gasteiger partial charge in [0.15, 0.2) is 0 Å². The second-order valence-corrected chi connectivity index (χ2v) is 10.5. The first kappa shape index (κ1) is 19.5. The fraction of sp³-hybridized carbons (Fsp3) is 0.0270. The van der Waals surface area contributed by atoms with E-state index in [0.29, 0.717) is 0 Å². The van der Waals surface area contributed by atoms with Gasteiger partial charge in [0.2, 0.25) is 0 Å². The maximum Gasteiger partial charge on any atom is -0.00111 e. The third-order valence-electron chi connectivity index (χ3n) is 8.62. The summed E-state index contributed by atoms with van der Waals surface area (Å²) in [4.78, 5) is 0. The molecular formula is C37H22. The van der Waals surface area contributed by atoms with E-state index in [9.17, 15) is 0 Å². The second-order valence-electron chi connectivity index (χ2n) is 10.5. The summed E-state index contributed by atoms with van der Waals surface area (Å²) in [6, 6.07) is 36.1. The van der Waals surface area contributed by atoms with E-state index in [1.165, 1.54) is 93.2 Å². The summed E-state index contributed by atoms with van der Waals surface area (Å²) in [5.41, 5.74) is 12.0. The molecule has 0 heterocycles. The Morgan fingerprint density at radius 3 is 1.62 bits per heavy atom. The molecule has 9 rings (SSSR count). The Bertz CT molecular complexity index is 2100. The van der Waals surface area contributed by atoms with E-state index in [4.69, 9.17) is 0 Å². The van der Waals surface area contributed by atoms with Crippen LogP contribution in [-0.4, -0.2) is 0 Å². The van der Waals surface area contributed by atoms with Crippen LogP contribution >= 0.6 is 0 Å². The smallest absolute Gasteiger partial charge is 0.00111 e. The molecule has 0 N–H and O–H groups in total. The number of benzene rings is 7. The Balaban J connectivity index is 1.59. The highest BCUT2D eigenvalue weighted by Gasteiger charge is 2.27. The Hall–Kier alpha value is -4.68. The number of hydrogen-bond acceptors (Lipinski definition) is 0. The van der Waals surface area contributed by atoms with E-state index >= 15 is 0 Å². The van der Waals surface area contributed by atoms with Crippen LogP contribution in [0.3, 0.4) is 0 Å². The van der Waals surface area contributed by atoms with Gasteiger partial charge in [-0.3, -0.25) is 0 Å². The molecule has 0 saturated carbocycles. The van der Waals surface area contributed by atoms with Gasteiger partial charge in [-0.25, -0.2) is 0 Å². The molecule has 170 valence electrons. The first-order valence-electron chi connectivity index (χ1n) is 13.0. The van der Waals surface area contributed by atoms with Crippen molar-refractivity contribution in [3.63, 3.8) is 0 Å². The van der Waals surface area contributed by atoms with Crippen LogP contribution in [0.5, 0.6) is 0 Å². The molecule has 2 aliphatic rings. The molecule has 0 bridgehead atoms. The SMILES string of the molecule is CC1=Cc2c(-c3ccccc3)cc3c4ccc5c6c(ccc(c7cc(-c8ccccc8)c1c2c37)c64)C=C5. The van der Waals surface area contributed by atoms with Crippen molar-refractivity contribution >= 4 is 66.9 Å². The fourth-order valence-corrected chi connectivity index (χ4v) is 7.09. The van der Waals surface area contributed by atoms with E-state index < -0.39 is 0 Å². The second kappa shape index (κ2) is 6.75. The molecule has 0 atom stereocenters. The predicted molar refractivity (Wildman–Crippen MR) is 161 cm³/mol. The molecule has 0 aromatic heterocycles. The maximum absolute atomic E-state index is 2.47. The fourth-order valence-electron chi connectivity index (χ4n) is 7.09. The third-order valence-corrected chi connectivity index (χ3v) is 8.62. The lowest BCUT2D eigenvalue weighted by Gasteiger charge is -2.21. The zero-order valence-electron chi connectivity index (χ0n) is 20.5. The quantitative estimate of drug-likeness (QED) is 0.176. The van der Waals surface area contributed by atoms with Gasteiger partial charge in [0.1, 0.15) is 0 Å². The Morgan fingerprint density at radius 1 is 0.459 bits per heavy atom. The van der Waals surface area contributed by atoms with Crippen molar-refractivity contribution in [2.45, 2.75) is 6.92 Å². The minimum Gasteiger partial charge on any atom is -0.0622 e. The van der Waals surface area contributed by atoms with Crippen molar-refractivity contribution in [3.8, 4) is 22.3 Å². The summed E-state index contributed by atoms with van der Waals surface area (Å²) in [5, 5.41) is 11.0. The lowest BCUT2D eigenvalue weighted by Crippen LogP contribution is -1.95. The zero-order valence-corrected chi connectivity index (χ0v) is 20.5. The first-order valence-corrected chi connectivity index (χ1v) is 13.0. The van der Waals surface area contributed by atoms with Crippen molar-refractivity contribution in [3.05, 3.63) is 119 Å². The molecule has 0 spiro atoms. The first-order chi connectivity index (χ1) is 18.3. The monoisotopic (exact) mass is 466 g/mol. The van der Waals surface area contributed by atoms with Crippen molar-refractivity contribution in [2.24, 2.45) is 0 Å². The van der Waals surface area contributed by atoms with Gasteiger partial charge >= 0.3 is 0 Å². The van der Waals surface area contributed by atoms with Gasteiger partial charge in [0, 0.05) is 0 Å². The van der Waals surface area contributed by atoms with E-state index in [0.717, 1.165) is 0 Å². The summed E-state index contributed by atoms with van der Waals surface area (Å²) < 4.78 is 0. The molecule has 7 aromatic rings. The van der Waals surface area contributed by atoms with Crippen LogP contribution in [0.15, 0.2) is 97.1 Å². The Labute approximate surface area is 215 Å². The van der Waals surface area contributed by atoms with Crippen molar-refractivity contribution in [1.29, 1.82) is 0 Å². The summed E-state index contributed by atoms with van der Waals surface area (Å²) >= 11 is 0. The van der Waals surface area contributed by atoms with E-state index in [1.54, 1.807) is 0 Å². The molecule has 0 radical (unpaired) electrons. The van der Waals surface area contributed by atoms with Crippen LogP contribution in [0.1, 0.15) is 29.2 Å². The van der Waals surface area contributed by atoms with Crippen molar-refractivity contribution in [1.82, 2.24) is 0 Å². The van der Waals surface area contributed by atoms with Crippen LogP contribution in [0.2, 0.25) is 0 Å². The lowest BCUT2D eigenvalue weighted by atomic mass is 9.82. The van der Waals surface area contributed by atoms with Gasteiger partial charge in [0.25, 0.3) is 0 Å². The molecular weight excluding hydrogens is 444 g/mol. The molecule has 0 aliphatic heterocycles. The number of hydrogen-bond donors (Lipinski definition) is 0. The molecule has 0 nitrogen and oxygen atoms in total. The highest BCUT2D eigenvalue weighted by molar-refractivity contribution is 6.38. The highest BCUT2D eigenvalue weighted by atomic mass is 14.3. The van der Waals surface area contributed by atoms with Gasteiger partial charge < -0.3 is 0 Å². The van der Waals surface area contributed by atoms with Crippen LogP contribution in [0.25, 0.3) is 89.1 Å². The summed E-state index contributed by atoms with van der Waals surface area (Å²) in [6.45, 7) is 2.28. The maximum atomic E-state index is 2.47. The van der Waals surface area contributed by atoms with Crippen LogP contribution in [-0.2, 0) is 0 Å². The van der Waals surface area contributed by atoms with Gasteiger partial charge in [-0.1, -0.05) is 103 Å². The molecule has 0 heteroatoms. The largest absolute Gasteiger partial charge is 0.0622 e. The predicted octanol–water partition coefficient (Wildman–Crippen LogP) is 10.4. The summed E-state index contributed by atoms with van der Waals surface area (Å²) in [7, 11) is 0. The van der Waals surface area contributed by atoms with Crippen molar-refractivity contribution < 1.29 is 0 Å². The summed E-state index contributed by atoms with van der Waals surface area (Å²) in [6.07, 6.45) is 6.95. The van der Waals surface area contributed by atoms with Crippen molar-refractivity contribution in [2.75, 3.05) is 0 Å². The van der Waals surface area contributed by atoms with Gasteiger partial charge in [0.05, 0.1) is 0 Å². The van der Waals surface area contributed by atoms with E-state index in [1.807, 2.05) is 0 Å². The minimum absolute atomic E-state index is 1.28. The third kappa shape index (κ3) is 2.38. The Morgan fingerprint density at radius 2 is 1.00 bits per heavy atom. The lowest BCUT2D eigenvalue weighted by molar-refractivity contribution is 1.61. The molecule has 2 aliphatic carbocycles. The van der Waals surface area contributed by atoms with Gasteiger partial charge in [-0.05, 0) is 112 Å². The number of rotatable bonds is 2. The normalized spacial score (nSPS) is 13.6. The van der Waals surface area contributed by atoms with Crippen LogP contribution < -0.4 is 0 Å². The van der Waals surface area contributed by atoms with Gasteiger partial charge in [-0.2, -0.15) is 0 Å². The average Bonchev–Trinajstić information content (AvgIpc) is 3.54. The Kier molecular flexibility index (Phi) is 3.56. The number of allylic oxidation sites excluding steroid dienone is 1. The molecule has 0 fully saturated rings.